The number of furan rings is 1. The van der Waals surface area contributed by atoms with Gasteiger partial charge in [0, 0.05) is 22.3 Å². The maximum absolute atomic E-state index is 12.1. The average molecular weight is 448 g/mol. The van der Waals surface area contributed by atoms with Crippen molar-refractivity contribution in [1.29, 1.82) is 0 Å². The summed E-state index contributed by atoms with van der Waals surface area (Å²) >= 11 is 0. The van der Waals surface area contributed by atoms with Crippen LogP contribution >= 0.6 is 0 Å². The standard InChI is InChI=1S/C26H24O7/c1-5-7-15-9-11-17(19(13-15)31-3)21-22(24(26(29)30)33-23(21)25(27)28)18-12-10-16(8-6-2)14-20(18)32-4/h5-6,9-14H,1-2,7-8H2,3-4H3,(H,27,28)(H,29,30). The topological polar surface area (TPSA) is 106 Å². The van der Waals surface area contributed by atoms with Crippen LogP contribution in [0.1, 0.15) is 32.2 Å². The first-order valence-corrected chi connectivity index (χ1v) is 10.1. The molecule has 0 radical (unpaired) electrons. The number of benzene rings is 2. The van der Waals surface area contributed by atoms with E-state index in [0.29, 0.717) is 35.5 Å². The number of ether oxygens (including phenoxy) is 2. The Hall–Kier alpha value is -4.26. The monoisotopic (exact) mass is 448 g/mol. The molecule has 0 spiro atoms. The maximum atomic E-state index is 12.1. The Morgan fingerprint density at radius 3 is 1.52 bits per heavy atom. The zero-order valence-electron chi connectivity index (χ0n) is 18.4. The van der Waals surface area contributed by atoms with Gasteiger partial charge < -0.3 is 24.1 Å². The highest BCUT2D eigenvalue weighted by Crippen LogP contribution is 2.46. The van der Waals surface area contributed by atoms with Crippen LogP contribution in [0.5, 0.6) is 11.5 Å². The van der Waals surface area contributed by atoms with Gasteiger partial charge in [0.1, 0.15) is 11.5 Å². The van der Waals surface area contributed by atoms with Crippen molar-refractivity contribution in [2.75, 3.05) is 14.2 Å². The number of aromatic carboxylic acids is 2. The van der Waals surface area contributed by atoms with Crippen molar-refractivity contribution in [2.45, 2.75) is 12.8 Å². The van der Waals surface area contributed by atoms with E-state index in [0.717, 1.165) is 11.1 Å². The van der Waals surface area contributed by atoms with Crippen LogP contribution in [0.2, 0.25) is 0 Å². The third kappa shape index (κ3) is 4.52. The minimum absolute atomic E-state index is 0.0941. The van der Waals surface area contributed by atoms with Gasteiger partial charge in [0.2, 0.25) is 11.5 Å². The Labute approximate surface area is 191 Å². The number of carbonyl (C=O) groups is 2. The van der Waals surface area contributed by atoms with E-state index in [1.54, 1.807) is 48.6 Å². The molecule has 0 bridgehead atoms. The van der Waals surface area contributed by atoms with Gasteiger partial charge in [0.05, 0.1) is 14.2 Å². The molecule has 1 aromatic heterocycles. The van der Waals surface area contributed by atoms with Gasteiger partial charge >= 0.3 is 11.9 Å². The van der Waals surface area contributed by atoms with E-state index in [9.17, 15) is 19.8 Å². The molecule has 1 heterocycles. The molecule has 0 saturated heterocycles. The summed E-state index contributed by atoms with van der Waals surface area (Å²) in [6, 6.07) is 10.5. The molecule has 7 heteroatoms. The zero-order chi connectivity index (χ0) is 24.1. The number of carboxylic acid groups (broad SMARTS) is 2. The van der Waals surface area contributed by atoms with E-state index in [4.69, 9.17) is 13.9 Å². The normalized spacial score (nSPS) is 10.5. The second-order valence-electron chi connectivity index (χ2n) is 7.18. The van der Waals surface area contributed by atoms with Gasteiger partial charge in [-0.3, -0.25) is 0 Å². The van der Waals surface area contributed by atoms with E-state index in [-0.39, 0.29) is 11.1 Å². The van der Waals surface area contributed by atoms with Gasteiger partial charge in [-0.2, -0.15) is 0 Å². The highest BCUT2D eigenvalue weighted by atomic mass is 16.5. The summed E-state index contributed by atoms with van der Waals surface area (Å²) in [5.74, 6) is -3.07. The average Bonchev–Trinajstić information content (AvgIpc) is 3.20. The fraction of sp³-hybridized carbons (Fsp3) is 0.154. The van der Waals surface area contributed by atoms with Gasteiger partial charge in [-0.25, -0.2) is 9.59 Å². The van der Waals surface area contributed by atoms with E-state index in [1.807, 2.05) is 0 Å². The summed E-state index contributed by atoms with van der Waals surface area (Å²) in [7, 11) is 2.92. The number of carboxylic acids is 2. The lowest BCUT2D eigenvalue weighted by atomic mass is 9.91. The van der Waals surface area contributed by atoms with Crippen LogP contribution in [-0.4, -0.2) is 36.4 Å². The van der Waals surface area contributed by atoms with Crippen LogP contribution in [0.3, 0.4) is 0 Å². The molecule has 170 valence electrons. The van der Waals surface area contributed by atoms with Gasteiger partial charge in [0.25, 0.3) is 0 Å². The zero-order valence-corrected chi connectivity index (χ0v) is 18.4. The minimum atomic E-state index is -1.40. The Kier molecular flexibility index (Phi) is 7.03. The SMILES string of the molecule is C=CCc1ccc(-c2c(C(=O)O)oc(C(=O)O)c2-c2ccc(CC=C)cc2OC)c(OC)c1. The first-order valence-electron chi connectivity index (χ1n) is 10.1. The molecule has 2 N–H and O–H groups in total. The van der Waals surface area contributed by atoms with Gasteiger partial charge in [-0.15, -0.1) is 13.2 Å². The molecule has 0 atom stereocenters. The third-order valence-electron chi connectivity index (χ3n) is 5.13. The number of rotatable bonds is 10. The number of hydrogen-bond donors (Lipinski definition) is 2. The molecule has 0 unspecified atom stereocenters. The molecular formula is C26H24O7. The number of allylic oxidation sites excluding steroid dienone is 2. The van der Waals surface area contributed by atoms with E-state index in [2.05, 4.69) is 13.2 Å². The molecule has 7 nitrogen and oxygen atoms in total. The van der Waals surface area contributed by atoms with Crippen molar-refractivity contribution in [3.63, 3.8) is 0 Å². The summed E-state index contributed by atoms with van der Waals surface area (Å²) in [6.45, 7) is 7.45. The predicted octanol–water partition coefficient (Wildman–Crippen LogP) is 5.48. The van der Waals surface area contributed by atoms with Crippen LogP contribution in [0.25, 0.3) is 22.3 Å². The van der Waals surface area contributed by atoms with Gasteiger partial charge in [0.15, 0.2) is 0 Å². The first kappa shape index (κ1) is 23.4. The quantitative estimate of drug-likeness (QED) is 0.395. The van der Waals surface area contributed by atoms with Crippen molar-refractivity contribution in [3.05, 3.63) is 84.4 Å². The fourth-order valence-corrected chi connectivity index (χ4v) is 3.72. The molecule has 0 aliphatic heterocycles. The van der Waals surface area contributed by atoms with Crippen molar-refractivity contribution < 1.29 is 33.7 Å². The molecule has 3 aromatic rings. The van der Waals surface area contributed by atoms with Gasteiger partial charge in [-0.05, 0) is 36.1 Å². The van der Waals surface area contributed by atoms with Crippen molar-refractivity contribution in [3.8, 4) is 33.8 Å². The van der Waals surface area contributed by atoms with Crippen LogP contribution < -0.4 is 9.47 Å². The number of methoxy groups -OCH3 is 2. The van der Waals surface area contributed by atoms with Crippen LogP contribution in [0.15, 0.2) is 66.1 Å². The Balaban J connectivity index is 2.41. The van der Waals surface area contributed by atoms with Crippen molar-refractivity contribution in [2.24, 2.45) is 0 Å². The summed E-state index contributed by atoms with van der Waals surface area (Å²) in [6.07, 6.45) is 4.64. The summed E-state index contributed by atoms with van der Waals surface area (Å²) in [5, 5.41) is 19.7. The maximum Gasteiger partial charge on any atom is 0.372 e. The second-order valence-corrected chi connectivity index (χ2v) is 7.18. The Bertz CT molecular complexity index is 1140. The van der Waals surface area contributed by atoms with Crippen molar-refractivity contribution >= 4 is 11.9 Å². The fourth-order valence-electron chi connectivity index (χ4n) is 3.72. The third-order valence-corrected chi connectivity index (χ3v) is 5.13. The highest BCUT2D eigenvalue weighted by Gasteiger charge is 2.33. The Morgan fingerprint density at radius 1 is 0.818 bits per heavy atom. The molecule has 0 aliphatic carbocycles. The molecule has 0 saturated carbocycles. The molecule has 3 rings (SSSR count). The van der Waals surface area contributed by atoms with E-state index >= 15 is 0 Å². The molecule has 0 aliphatic rings. The minimum Gasteiger partial charge on any atom is -0.496 e. The Morgan fingerprint density at radius 2 is 1.21 bits per heavy atom. The van der Waals surface area contributed by atoms with Crippen LogP contribution in [0.4, 0.5) is 0 Å². The largest absolute Gasteiger partial charge is 0.496 e. The second kappa shape index (κ2) is 9.91. The predicted molar refractivity (Wildman–Crippen MR) is 124 cm³/mol. The number of hydrogen-bond acceptors (Lipinski definition) is 5. The highest BCUT2D eigenvalue weighted by molar-refractivity contribution is 6.07. The van der Waals surface area contributed by atoms with Crippen LogP contribution in [-0.2, 0) is 12.8 Å². The van der Waals surface area contributed by atoms with Crippen LogP contribution in [0, 0.1) is 0 Å². The van der Waals surface area contributed by atoms with E-state index < -0.39 is 23.5 Å². The van der Waals surface area contributed by atoms with E-state index in [1.165, 1.54) is 14.2 Å². The summed E-state index contributed by atoms with van der Waals surface area (Å²) in [4.78, 5) is 24.2. The molecular weight excluding hydrogens is 424 g/mol. The summed E-state index contributed by atoms with van der Waals surface area (Å²) < 4.78 is 16.5. The lowest BCUT2D eigenvalue weighted by molar-refractivity contribution is 0.0633. The molecule has 0 fully saturated rings. The lowest BCUT2D eigenvalue weighted by Gasteiger charge is -2.14. The lowest BCUT2D eigenvalue weighted by Crippen LogP contribution is -2.00. The molecule has 2 aromatic carbocycles. The summed E-state index contributed by atoms with van der Waals surface area (Å²) in [5.41, 5.74) is 2.75. The van der Waals surface area contributed by atoms with Gasteiger partial charge in [-0.1, -0.05) is 36.4 Å². The smallest absolute Gasteiger partial charge is 0.372 e. The first-order chi connectivity index (χ1) is 15.9. The molecule has 0 amide bonds. The molecule has 33 heavy (non-hydrogen) atoms. The van der Waals surface area contributed by atoms with Crippen molar-refractivity contribution in [1.82, 2.24) is 0 Å².